The molecule has 0 unspecified atom stereocenters. The van der Waals surface area contributed by atoms with Crippen LogP contribution in [-0.2, 0) is 9.47 Å². The Bertz CT molecular complexity index is 456. The van der Waals surface area contributed by atoms with Crippen molar-refractivity contribution in [2.75, 3.05) is 19.8 Å². The Balaban J connectivity index is 1.85. The molecule has 0 bridgehead atoms. The minimum atomic E-state index is -1.38. The molecule has 5 atom stereocenters. The number of aliphatic hydroxyl groups excluding tert-OH is 4. The van der Waals surface area contributed by atoms with Crippen LogP contribution in [0.15, 0.2) is 0 Å². The number of hydrogen-bond acceptors (Lipinski definition) is 7. The van der Waals surface area contributed by atoms with Crippen LogP contribution in [0.3, 0.4) is 0 Å². The van der Waals surface area contributed by atoms with Crippen LogP contribution < -0.4 is 5.32 Å². The molecule has 0 aliphatic carbocycles. The monoisotopic (exact) mass is 559 g/mol. The second kappa shape index (κ2) is 18.4. The molecule has 0 saturated carbocycles. The molecule has 0 aromatic carbocycles. The number of halogens is 1. The Kier molecular flexibility index (Phi) is 17.2. The molecule has 1 aliphatic heterocycles. The molecule has 0 radical (unpaired) electrons. The van der Waals surface area contributed by atoms with Crippen molar-refractivity contribution in [2.45, 2.75) is 114 Å². The summed E-state index contributed by atoms with van der Waals surface area (Å²) < 4.78 is 10.8. The molecule has 5 N–H and O–H groups in total. The minimum Gasteiger partial charge on any atom is -0.394 e. The summed E-state index contributed by atoms with van der Waals surface area (Å²) in [6.45, 7) is 0.763. The van der Waals surface area contributed by atoms with Gasteiger partial charge in [-0.1, -0.05) is 70.6 Å². The van der Waals surface area contributed by atoms with Crippen LogP contribution in [0.25, 0.3) is 0 Å². The average Bonchev–Trinajstić information content (AvgIpc) is 2.75. The van der Waals surface area contributed by atoms with Gasteiger partial charge in [0.05, 0.1) is 6.61 Å². The summed E-state index contributed by atoms with van der Waals surface area (Å²) in [7, 11) is 0. The fourth-order valence-electron chi connectivity index (χ4n) is 3.76. The van der Waals surface area contributed by atoms with E-state index in [0.717, 1.165) is 32.2 Å². The van der Waals surface area contributed by atoms with E-state index in [-0.39, 0.29) is 3.91 Å². The second-order valence-corrected chi connectivity index (χ2v) is 9.34. The summed E-state index contributed by atoms with van der Waals surface area (Å²) in [5.41, 5.74) is 0. The Morgan fingerprint density at radius 3 is 1.74 bits per heavy atom. The molecule has 1 fully saturated rings. The zero-order valence-corrected chi connectivity index (χ0v) is 20.7. The minimum absolute atomic E-state index is 0.0269. The molecule has 8 nitrogen and oxygen atoms in total. The van der Waals surface area contributed by atoms with Crippen LogP contribution >= 0.6 is 22.6 Å². The van der Waals surface area contributed by atoms with Crippen LogP contribution in [-0.4, -0.2) is 74.8 Å². The molecule has 1 aliphatic rings. The van der Waals surface area contributed by atoms with E-state index >= 15 is 0 Å². The Morgan fingerprint density at radius 1 is 0.774 bits per heavy atom. The van der Waals surface area contributed by atoms with Crippen molar-refractivity contribution >= 4 is 26.5 Å². The topological polar surface area (TPSA) is 128 Å². The lowest BCUT2D eigenvalue weighted by Gasteiger charge is -2.39. The number of unbranched alkanes of at least 4 members (excludes halogenated alkanes) is 12. The van der Waals surface area contributed by atoms with Crippen LogP contribution in [0.5, 0.6) is 0 Å². The van der Waals surface area contributed by atoms with Crippen LogP contribution in [0, 0.1) is 0 Å². The van der Waals surface area contributed by atoms with Crippen molar-refractivity contribution in [3.63, 3.8) is 0 Å². The van der Waals surface area contributed by atoms with E-state index in [4.69, 9.17) is 14.6 Å². The molecule has 31 heavy (non-hydrogen) atoms. The zero-order valence-electron chi connectivity index (χ0n) is 18.6. The number of amides is 1. The van der Waals surface area contributed by atoms with Crippen molar-refractivity contribution in [3.8, 4) is 0 Å². The van der Waals surface area contributed by atoms with E-state index in [1.165, 1.54) is 57.8 Å². The molecular formula is C22H42INO7. The normalized spacial score (nSPS) is 26.2. The zero-order chi connectivity index (χ0) is 22.9. The van der Waals surface area contributed by atoms with Crippen molar-refractivity contribution in [2.24, 2.45) is 0 Å². The van der Waals surface area contributed by atoms with Gasteiger partial charge in [0.15, 0.2) is 6.29 Å². The van der Waals surface area contributed by atoms with Crippen molar-refractivity contribution in [1.29, 1.82) is 0 Å². The maximum Gasteiger partial charge on any atom is 0.280 e. The number of nitrogens with one attached hydrogen (secondary N) is 1. The predicted octanol–water partition coefficient (Wildman–Crippen LogP) is 3.02. The Morgan fingerprint density at radius 2 is 1.26 bits per heavy atom. The van der Waals surface area contributed by atoms with Gasteiger partial charge in [0, 0.05) is 35.7 Å². The van der Waals surface area contributed by atoms with E-state index in [9.17, 15) is 20.1 Å². The maximum atomic E-state index is 10.7. The molecule has 0 aromatic heterocycles. The molecule has 184 valence electrons. The first-order valence-corrected chi connectivity index (χ1v) is 12.9. The fraction of sp³-hybridized carbons (Fsp3) is 0.955. The molecule has 1 saturated heterocycles. The lowest BCUT2D eigenvalue weighted by atomic mass is 9.99. The summed E-state index contributed by atoms with van der Waals surface area (Å²) in [5, 5.41) is 41.4. The Labute approximate surface area is 200 Å². The summed E-state index contributed by atoms with van der Waals surface area (Å²) in [4.78, 5) is 10.7. The van der Waals surface area contributed by atoms with E-state index in [0.29, 0.717) is 6.61 Å². The second-order valence-electron chi connectivity index (χ2n) is 8.36. The summed E-state index contributed by atoms with van der Waals surface area (Å²) in [6.07, 6.45) is 9.48. The maximum absolute atomic E-state index is 10.7. The number of ether oxygens (including phenoxy) is 2. The van der Waals surface area contributed by atoms with Crippen LogP contribution in [0.1, 0.15) is 83.5 Å². The highest BCUT2D eigenvalue weighted by molar-refractivity contribution is 14.1. The van der Waals surface area contributed by atoms with Gasteiger partial charge in [-0.2, -0.15) is 0 Å². The van der Waals surface area contributed by atoms with E-state index in [1.807, 2.05) is 0 Å². The van der Waals surface area contributed by atoms with Crippen molar-refractivity contribution in [3.05, 3.63) is 0 Å². The first-order valence-electron chi connectivity index (χ1n) is 11.8. The predicted molar refractivity (Wildman–Crippen MR) is 127 cm³/mol. The lowest BCUT2D eigenvalue weighted by molar-refractivity contribution is -0.301. The van der Waals surface area contributed by atoms with Gasteiger partial charge in [-0.15, -0.1) is 0 Å². The summed E-state index contributed by atoms with van der Waals surface area (Å²) in [6, 6.07) is 0. The van der Waals surface area contributed by atoms with Gasteiger partial charge in [-0.25, -0.2) is 0 Å². The highest BCUT2D eigenvalue weighted by Crippen LogP contribution is 2.22. The standard InChI is InChI=1S/C22H42INO7/c23-22(29)24-14-12-10-8-6-4-2-1-3-5-7-9-11-13-15-30-21-20(28)19(27)18(26)17(16-25)31-21/h17-21,25-28H,1-16H2,(H,24,29)/t17-,18-,19+,20-,21-/m1/s1. The van der Waals surface area contributed by atoms with Gasteiger partial charge in [-0.05, 0) is 12.8 Å². The fourth-order valence-corrected chi connectivity index (χ4v) is 4.03. The Hall–Kier alpha value is -0.0400. The number of carbonyl (C=O) groups is 1. The first-order chi connectivity index (χ1) is 15.0. The molecule has 0 spiro atoms. The molecule has 0 aromatic rings. The van der Waals surface area contributed by atoms with E-state index in [2.05, 4.69) is 5.32 Å². The summed E-state index contributed by atoms with van der Waals surface area (Å²) >= 11 is 1.77. The highest BCUT2D eigenvalue weighted by Gasteiger charge is 2.43. The van der Waals surface area contributed by atoms with Gasteiger partial charge in [0.25, 0.3) is 3.91 Å². The van der Waals surface area contributed by atoms with Crippen LogP contribution in [0.4, 0.5) is 4.79 Å². The number of rotatable bonds is 18. The highest BCUT2D eigenvalue weighted by atomic mass is 127. The lowest BCUT2D eigenvalue weighted by Crippen LogP contribution is -2.59. The largest absolute Gasteiger partial charge is 0.394 e. The third kappa shape index (κ3) is 13.3. The molecular weight excluding hydrogens is 517 g/mol. The molecule has 1 heterocycles. The summed E-state index contributed by atoms with van der Waals surface area (Å²) in [5.74, 6) is 0. The smallest absolute Gasteiger partial charge is 0.280 e. The third-order valence-corrected chi connectivity index (χ3v) is 6.10. The average molecular weight is 559 g/mol. The number of carbonyl (C=O) groups excluding carboxylic acids is 1. The van der Waals surface area contributed by atoms with E-state index < -0.39 is 37.3 Å². The van der Waals surface area contributed by atoms with Gasteiger partial charge in [0.1, 0.15) is 24.4 Å². The quantitative estimate of drug-likeness (QED) is 0.0756. The van der Waals surface area contributed by atoms with Crippen LogP contribution in [0.2, 0.25) is 0 Å². The number of aliphatic hydroxyl groups is 4. The third-order valence-electron chi connectivity index (χ3n) is 5.72. The SMILES string of the molecule is O=C(I)NCCCCCCCCCCCCCCCO[C@@H]1O[C@H](CO)[C@@H](O)[C@H](O)[C@H]1O. The van der Waals surface area contributed by atoms with Gasteiger partial charge >= 0.3 is 0 Å². The van der Waals surface area contributed by atoms with Crippen molar-refractivity contribution in [1.82, 2.24) is 5.32 Å². The van der Waals surface area contributed by atoms with E-state index in [1.54, 1.807) is 22.6 Å². The van der Waals surface area contributed by atoms with Gasteiger partial charge in [-0.3, -0.25) is 4.79 Å². The number of hydrogen-bond donors (Lipinski definition) is 5. The molecule has 1 amide bonds. The van der Waals surface area contributed by atoms with Gasteiger partial charge < -0.3 is 35.2 Å². The van der Waals surface area contributed by atoms with Gasteiger partial charge in [0.2, 0.25) is 0 Å². The van der Waals surface area contributed by atoms with Crippen molar-refractivity contribution < 1.29 is 34.7 Å². The first kappa shape index (κ1) is 29.0. The molecule has 9 heteroatoms. The molecule has 1 rings (SSSR count).